The predicted molar refractivity (Wildman–Crippen MR) is 372 cm³/mol. The second-order valence-corrected chi connectivity index (χ2v) is 29.7. The van der Waals surface area contributed by atoms with Gasteiger partial charge in [0.05, 0.1) is 26.4 Å². The van der Waals surface area contributed by atoms with E-state index in [1.807, 2.05) is 0 Å². The monoisotopic (exact) mass is 1350 g/mol. The van der Waals surface area contributed by atoms with Crippen LogP contribution < -0.4 is 0 Å². The highest BCUT2D eigenvalue weighted by atomic mass is 31.2. The number of rotatable bonds is 73. The van der Waals surface area contributed by atoms with Gasteiger partial charge in [-0.3, -0.25) is 37.3 Å². The van der Waals surface area contributed by atoms with Crippen molar-refractivity contribution >= 4 is 39.5 Å². The molecule has 0 fully saturated rings. The van der Waals surface area contributed by atoms with E-state index in [1.165, 1.54) is 205 Å². The molecule has 19 heteroatoms. The van der Waals surface area contributed by atoms with Crippen LogP contribution in [0.25, 0.3) is 0 Å². The average Bonchev–Trinajstić information content (AvgIpc) is 2.23. The van der Waals surface area contributed by atoms with E-state index in [-0.39, 0.29) is 25.7 Å². The molecule has 0 aliphatic rings. The molecule has 0 aliphatic heterocycles. The number of ether oxygens (including phenoxy) is 4. The molecule has 3 N–H and O–H groups in total. The van der Waals surface area contributed by atoms with Crippen LogP contribution in [0.2, 0.25) is 0 Å². The third kappa shape index (κ3) is 66.7. The highest BCUT2D eigenvalue weighted by Gasteiger charge is 2.30. The molecule has 17 nitrogen and oxygen atoms in total. The Bertz CT molecular complexity index is 1770. The zero-order chi connectivity index (χ0) is 67.7. The predicted octanol–water partition coefficient (Wildman–Crippen LogP) is 21.3. The fraction of sp³-hybridized carbons (Fsp3) is 0.945. The molecule has 546 valence electrons. The first-order chi connectivity index (χ1) is 44.5. The van der Waals surface area contributed by atoms with Gasteiger partial charge in [0, 0.05) is 25.7 Å². The first-order valence-electron chi connectivity index (χ1n) is 38.1. The van der Waals surface area contributed by atoms with E-state index < -0.39 is 97.5 Å². The number of unbranched alkanes of at least 4 members (excludes halogenated alkanes) is 45. The molecule has 0 bridgehead atoms. The van der Waals surface area contributed by atoms with Crippen molar-refractivity contribution in [3.63, 3.8) is 0 Å². The smallest absolute Gasteiger partial charge is 0.462 e. The fourth-order valence-corrected chi connectivity index (χ4v) is 12.8. The van der Waals surface area contributed by atoms with Gasteiger partial charge in [0.25, 0.3) is 0 Å². The van der Waals surface area contributed by atoms with Gasteiger partial charge in [0.1, 0.15) is 19.3 Å². The molecule has 0 saturated heterocycles. The van der Waals surface area contributed by atoms with E-state index in [1.54, 1.807) is 0 Å². The van der Waals surface area contributed by atoms with Gasteiger partial charge in [0.15, 0.2) is 12.2 Å². The summed E-state index contributed by atoms with van der Waals surface area (Å²) in [7, 11) is -9.90. The normalized spacial score (nSPS) is 14.0. The molecule has 5 atom stereocenters. The van der Waals surface area contributed by atoms with Gasteiger partial charge in [-0.2, -0.15) is 0 Å². The number of phosphoric acid groups is 2. The summed E-state index contributed by atoms with van der Waals surface area (Å²) in [6.07, 6.45) is 53.9. The van der Waals surface area contributed by atoms with Crippen LogP contribution in [0.1, 0.15) is 381 Å². The number of carbonyl (C=O) groups excluding carboxylic acids is 4. The second kappa shape index (κ2) is 66.3. The van der Waals surface area contributed by atoms with Crippen molar-refractivity contribution in [2.75, 3.05) is 39.6 Å². The molecule has 0 saturated carbocycles. The van der Waals surface area contributed by atoms with E-state index in [2.05, 4.69) is 34.6 Å². The number of carbonyl (C=O) groups is 4. The summed E-state index contributed by atoms with van der Waals surface area (Å²) in [6.45, 7) is 7.29. The van der Waals surface area contributed by atoms with Gasteiger partial charge in [0.2, 0.25) is 0 Å². The number of hydrogen-bond donors (Lipinski definition) is 3. The van der Waals surface area contributed by atoms with Crippen LogP contribution in [0.15, 0.2) is 0 Å². The molecular weight excluding hydrogens is 1210 g/mol. The number of aliphatic hydroxyl groups is 1. The largest absolute Gasteiger partial charge is 0.472 e. The molecule has 0 radical (unpaired) electrons. The zero-order valence-electron chi connectivity index (χ0n) is 59.7. The van der Waals surface area contributed by atoms with E-state index in [0.717, 1.165) is 95.8 Å². The standard InChI is InChI=1S/C73H142O17P2/c1-6-9-12-15-18-21-24-32-37-42-47-52-57-71(76)84-63-69(90-73(78)59-54-49-44-39-34-29-27-26-28-31-35-40-45-50-55-66(4)5)65-88-92(81,82)86-61-67(74)60-85-91(79,80)87-64-68(62-83-70(75)56-51-46-41-36-30-23-20-17-14-11-8-3)89-72(77)58-53-48-43-38-33-25-22-19-16-13-10-7-2/h66-69,74H,6-65H2,1-5H3,(H,79,80)(H,81,82)/t67-,68+,69+/m0/s1. The molecule has 2 unspecified atom stereocenters. The summed E-state index contributed by atoms with van der Waals surface area (Å²) in [4.78, 5) is 72.7. The van der Waals surface area contributed by atoms with Gasteiger partial charge < -0.3 is 33.8 Å². The maximum atomic E-state index is 13.1. The third-order valence-electron chi connectivity index (χ3n) is 17.0. The van der Waals surface area contributed by atoms with Crippen LogP contribution in [0.5, 0.6) is 0 Å². The summed E-state index contributed by atoms with van der Waals surface area (Å²) in [6, 6.07) is 0. The molecular formula is C73H142O17P2. The number of aliphatic hydroxyl groups excluding tert-OH is 1. The second-order valence-electron chi connectivity index (χ2n) is 26.8. The number of esters is 4. The van der Waals surface area contributed by atoms with E-state index in [0.29, 0.717) is 25.7 Å². The Labute approximate surface area is 562 Å². The van der Waals surface area contributed by atoms with Crippen molar-refractivity contribution in [2.45, 2.75) is 400 Å². The lowest BCUT2D eigenvalue weighted by atomic mass is 10.0. The van der Waals surface area contributed by atoms with Gasteiger partial charge in [-0.15, -0.1) is 0 Å². The molecule has 0 amide bonds. The molecule has 0 aliphatic carbocycles. The van der Waals surface area contributed by atoms with Crippen molar-refractivity contribution < 1.29 is 80.2 Å². The van der Waals surface area contributed by atoms with Crippen LogP contribution in [0, 0.1) is 5.92 Å². The van der Waals surface area contributed by atoms with E-state index in [4.69, 9.17) is 37.0 Å². The highest BCUT2D eigenvalue weighted by molar-refractivity contribution is 7.47. The summed E-state index contributed by atoms with van der Waals surface area (Å²) >= 11 is 0. The van der Waals surface area contributed by atoms with Gasteiger partial charge in [-0.1, -0.05) is 330 Å². The molecule has 0 spiro atoms. The lowest BCUT2D eigenvalue weighted by Gasteiger charge is -2.21. The van der Waals surface area contributed by atoms with Gasteiger partial charge in [-0.25, -0.2) is 9.13 Å². The first-order valence-corrected chi connectivity index (χ1v) is 41.1. The minimum absolute atomic E-state index is 0.108. The minimum atomic E-state index is -4.95. The first kappa shape index (κ1) is 90.1. The number of hydrogen-bond acceptors (Lipinski definition) is 15. The van der Waals surface area contributed by atoms with Crippen molar-refractivity contribution in [3.8, 4) is 0 Å². The molecule has 0 aromatic rings. The van der Waals surface area contributed by atoms with Gasteiger partial charge >= 0.3 is 39.5 Å². The SMILES string of the molecule is CCCCCCCCCCCCCCC(=O)OC[C@H](COP(=O)(O)OC[C@@H](O)COP(=O)(O)OC[C@@H](COC(=O)CCCCCCCCCCCCC)OC(=O)CCCCCCCCCCCCCC)OC(=O)CCCCCCCCCCCCCCCCC(C)C. The summed E-state index contributed by atoms with van der Waals surface area (Å²) in [5.41, 5.74) is 0. The Morgan fingerprint density at radius 2 is 0.500 bits per heavy atom. The Morgan fingerprint density at radius 1 is 0.293 bits per heavy atom. The lowest BCUT2D eigenvalue weighted by molar-refractivity contribution is -0.161. The van der Waals surface area contributed by atoms with Crippen molar-refractivity contribution in [1.82, 2.24) is 0 Å². The quantitative estimate of drug-likeness (QED) is 0.0222. The third-order valence-corrected chi connectivity index (χ3v) is 18.9. The summed E-state index contributed by atoms with van der Waals surface area (Å²) in [5, 5.41) is 10.6. The topological polar surface area (TPSA) is 237 Å². The van der Waals surface area contributed by atoms with Crippen LogP contribution in [-0.2, 0) is 65.4 Å². The van der Waals surface area contributed by atoms with Crippen LogP contribution >= 0.6 is 15.6 Å². The van der Waals surface area contributed by atoms with Crippen molar-refractivity contribution in [2.24, 2.45) is 5.92 Å². The Kier molecular flexibility index (Phi) is 64.9. The van der Waals surface area contributed by atoms with Crippen molar-refractivity contribution in [1.29, 1.82) is 0 Å². The number of phosphoric ester groups is 2. The van der Waals surface area contributed by atoms with Crippen molar-refractivity contribution in [3.05, 3.63) is 0 Å². The van der Waals surface area contributed by atoms with Crippen LogP contribution in [0.4, 0.5) is 0 Å². The van der Waals surface area contributed by atoms with E-state index >= 15 is 0 Å². The lowest BCUT2D eigenvalue weighted by Crippen LogP contribution is -2.30. The fourth-order valence-electron chi connectivity index (χ4n) is 11.2. The van der Waals surface area contributed by atoms with Crippen LogP contribution in [-0.4, -0.2) is 96.7 Å². The van der Waals surface area contributed by atoms with Gasteiger partial charge in [-0.05, 0) is 31.6 Å². The molecule has 0 aromatic heterocycles. The molecule has 92 heavy (non-hydrogen) atoms. The molecule has 0 aromatic carbocycles. The average molecular weight is 1350 g/mol. The molecule has 0 rings (SSSR count). The zero-order valence-corrected chi connectivity index (χ0v) is 61.5. The Morgan fingerprint density at radius 3 is 0.739 bits per heavy atom. The highest BCUT2D eigenvalue weighted by Crippen LogP contribution is 2.45. The van der Waals surface area contributed by atoms with Crippen LogP contribution in [0.3, 0.4) is 0 Å². The summed E-state index contributed by atoms with van der Waals surface area (Å²) < 4.78 is 68.4. The minimum Gasteiger partial charge on any atom is -0.462 e. The Balaban J connectivity index is 5.24. The van der Waals surface area contributed by atoms with E-state index in [9.17, 15) is 43.2 Å². The maximum absolute atomic E-state index is 13.1. The molecule has 0 heterocycles. The Hall–Kier alpha value is -1.94. The summed E-state index contributed by atoms with van der Waals surface area (Å²) in [5.74, 6) is -1.32. The maximum Gasteiger partial charge on any atom is 0.472 e.